The van der Waals surface area contributed by atoms with Crippen LogP contribution in [0.15, 0.2) is 42.6 Å². The van der Waals surface area contributed by atoms with Crippen LogP contribution in [-0.4, -0.2) is 4.98 Å². The fraction of sp³-hybridized carbons (Fsp3) is 0.0909. The van der Waals surface area contributed by atoms with Crippen LogP contribution in [-0.2, 0) is 0 Å². The first-order chi connectivity index (χ1) is 6.79. The molecule has 0 atom stereocenters. The summed E-state index contributed by atoms with van der Waals surface area (Å²) in [6.45, 7) is 0. The number of H-pyrrole nitrogens is 1. The Bertz CT molecular complexity index is 407. The molecule has 1 nitrogen and oxygen atoms in total. The monoisotopic (exact) mass is 193 g/mol. The van der Waals surface area contributed by atoms with E-state index in [4.69, 9.17) is 0 Å². The lowest BCUT2D eigenvalue weighted by molar-refractivity contribution is 0.152. The van der Waals surface area contributed by atoms with Crippen LogP contribution in [0.4, 0.5) is 8.78 Å². The first-order valence-electron chi connectivity index (χ1n) is 4.30. The van der Waals surface area contributed by atoms with Crippen molar-refractivity contribution < 1.29 is 8.78 Å². The van der Waals surface area contributed by atoms with Crippen molar-refractivity contribution >= 4 is 0 Å². The van der Waals surface area contributed by atoms with Crippen LogP contribution in [0, 0.1) is 0 Å². The van der Waals surface area contributed by atoms with Crippen LogP contribution >= 0.6 is 0 Å². The van der Waals surface area contributed by atoms with E-state index in [1.165, 1.54) is 6.07 Å². The molecule has 0 radical (unpaired) electrons. The average molecular weight is 193 g/mol. The van der Waals surface area contributed by atoms with Gasteiger partial charge in [0.15, 0.2) is 0 Å². The average Bonchev–Trinajstić information content (AvgIpc) is 2.70. The highest BCUT2D eigenvalue weighted by molar-refractivity contribution is 5.64. The molecule has 0 amide bonds. The van der Waals surface area contributed by atoms with Crippen LogP contribution in [0.5, 0.6) is 0 Å². The molecule has 0 spiro atoms. The topological polar surface area (TPSA) is 15.8 Å². The Morgan fingerprint density at radius 1 is 1.00 bits per heavy atom. The standard InChI is InChI=1S/C11H9F2N/c12-11(13)9-5-2-1-4-8(9)10-6-3-7-14-10/h1-7,11,14H. The molecule has 0 fully saturated rings. The number of aromatic nitrogens is 1. The van der Waals surface area contributed by atoms with Gasteiger partial charge < -0.3 is 4.98 Å². The van der Waals surface area contributed by atoms with Crippen molar-refractivity contribution in [2.24, 2.45) is 0 Å². The summed E-state index contributed by atoms with van der Waals surface area (Å²) in [5, 5.41) is 0. The van der Waals surface area contributed by atoms with E-state index >= 15 is 0 Å². The highest BCUT2D eigenvalue weighted by Gasteiger charge is 2.13. The molecule has 0 aliphatic carbocycles. The SMILES string of the molecule is FC(F)c1ccccc1-c1ccc[nH]1. The lowest BCUT2D eigenvalue weighted by atomic mass is 10.1. The van der Waals surface area contributed by atoms with Crippen molar-refractivity contribution in [3.63, 3.8) is 0 Å². The van der Waals surface area contributed by atoms with Gasteiger partial charge >= 0.3 is 0 Å². The molecule has 0 saturated heterocycles. The number of hydrogen-bond donors (Lipinski definition) is 1. The van der Waals surface area contributed by atoms with Gasteiger partial charge in [-0.1, -0.05) is 24.3 Å². The summed E-state index contributed by atoms with van der Waals surface area (Å²) in [5.74, 6) is 0. The predicted molar refractivity (Wildman–Crippen MR) is 51.2 cm³/mol. The summed E-state index contributed by atoms with van der Waals surface area (Å²) < 4.78 is 25.2. The number of rotatable bonds is 2. The molecule has 2 rings (SSSR count). The maximum Gasteiger partial charge on any atom is 0.264 e. The second kappa shape index (κ2) is 3.62. The molecule has 1 heterocycles. The van der Waals surface area contributed by atoms with Crippen LogP contribution < -0.4 is 0 Å². The van der Waals surface area contributed by atoms with Gasteiger partial charge in [0, 0.05) is 23.0 Å². The molecule has 1 aromatic heterocycles. The predicted octanol–water partition coefficient (Wildman–Crippen LogP) is 3.62. The van der Waals surface area contributed by atoms with Crippen molar-refractivity contribution in [2.75, 3.05) is 0 Å². The molecule has 2 aromatic rings. The minimum atomic E-state index is -2.44. The Morgan fingerprint density at radius 2 is 1.79 bits per heavy atom. The number of alkyl halides is 2. The van der Waals surface area contributed by atoms with Crippen molar-refractivity contribution in [3.8, 4) is 11.3 Å². The molecule has 3 heteroatoms. The number of benzene rings is 1. The van der Waals surface area contributed by atoms with Crippen LogP contribution in [0.25, 0.3) is 11.3 Å². The zero-order valence-corrected chi connectivity index (χ0v) is 7.37. The van der Waals surface area contributed by atoms with Gasteiger partial charge in [0.2, 0.25) is 0 Å². The van der Waals surface area contributed by atoms with Crippen molar-refractivity contribution in [1.29, 1.82) is 0 Å². The van der Waals surface area contributed by atoms with Gasteiger partial charge in [-0.15, -0.1) is 0 Å². The zero-order chi connectivity index (χ0) is 9.97. The molecule has 0 aliphatic heterocycles. The molecular weight excluding hydrogens is 184 g/mol. The van der Waals surface area contributed by atoms with E-state index < -0.39 is 6.43 Å². The fourth-order valence-electron chi connectivity index (χ4n) is 1.43. The molecule has 1 N–H and O–H groups in total. The molecule has 0 bridgehead atoms. The van der Waals surface area contributed by atoms with Crippen LogP contribution in [0.2, 0.25) is 0 Å². The largest absolute Gasteiger partial charge is 0.361 e. The van der Waals surface area contributed by atoms with Gasteiger partial charge in [-0.2, -0.15) is 0 Å². The minimum Gasteiger partial charge on any atom is -0.361 e. The third-order valence-electron chi connectivity index (χ3n) is 2.08. The van der Waals surface area contributed by atoms with E-state index in [0.717, 1.165) is 5.69 Å². The molecular formula is C11H9F2N. The maximum atomic E-state index is 12.6. The van der Waals surface area contributed by atoms with E-state index in [1.54, 1.807) is 36.5 Å². The third kappa shape index (κ3) is 1.53. The van der Waals surface area contributed by atoms with Crippen molar-refractivity contribution in [3.05, 3.63) is 48.2 Å². The van der Waals surface area contributed by atoms with Crippen LogP contribution in [0.1, 0.15) is 12.0 Å². The summed E-state index contributed by atoms with van der Waals surface area (Å²) in [6.07, 6.45) is -0.716. The third-order valence-corrected chi connectivity index (χ3v) is 2.08. The molecule has 0 saturated carbocycles. The van der Waals surface area contributed by atoms with Gasteiger partial charge in [0.25, 0.3) is 6.43 Å². The van der Waals surface area contributed by atoms with Gasteiger partial charge in [0.05, 0.1) is 0 Å². The first kappa shape index (κ1) is 8.94. The minimum absolute atomic E-state index is 0.0648. The van der Waals surface area contributed by atoms with E-state index in [1.807, 2.05) is 0 Å². The Labute approximate surface area is 80.4 Å². The number of hydrogen-bond acceptors (Lipinski definition) is 0. The molecule has 0 unspecified atom stereocenters. The Hall–Kier alpha value is -1.64. The highest BCUT2D eigenvalue weighted by atomic mass is 19.3. The number of halogens is 2. The Kier molecular flexibility index (Phi) is 2.31. The van der Waals surface area contributed by atoms with Gasteiger partial charge in [-0.05, 0) is 12.1 Å². The first-order valence-corrected chi connectivity index (χ1v) is 4.30. The molecule has 14 heavy (non-hydrogen) atoms. The summed E-state index contributed by atoms with van der Waals surface area (Å²) >= 11 is 0. The van der Waals surface area contributed by atoms with E-state index in [9.17, 15) is 8.78 Å². The van der Waals surface area contributed by atoms with Crippen molar-refractivity contribution in [1.82, 2.24) is 4.98 Å². The summed E-state index contributed by atoms with van der Waals surface area (Å²) in [4.78, 5) is 2.92. The van der Waals surface area contributed by atoms with Gasteiger partial charge in [0.1, 0.15) is 0 Å². The Balaban J connectivity index is 2.53. The van der Waals surface area contributed by atoms with Gasteiger partial charge in [-0.25, -0.2) is 8.78 Å². The normalized spacial score (nSPS) is 10.8. The number of nitrogens with one attached hydrogen (secondary N) is 1. The molecule has 72 valence electrons. The zero-order valence-electron chi connectivity index (χ0n) is 7.37. The van der Waals surface area contributed by atoms with Gasteiger partial charge in [-0.3, -0.25) is 0 Å². The number of aromatic amines is 1. The summed E-state index contributed by atoms with van der Waals surface area (Å²) in [7, 11) is 0. The fourth-order valence-corrected chi connectivity index (χ4v) is 1.43. The quantitative estimate of drug-likeness (QED) is 0.749. The second-order valence-electron chi connectivity index (χ2n) is 2.97. The lowest BCUT2D eigenvalue weighted by Gasteiger charge is -2.06. The summed E-state index contributed by atoms with van der Waals surface area (Å²) in [6, 6.07) is 10.1. The second-order valence-corrected chi connectivity index (χ2v) is 2.97. The lowest BCUT2D eigenvalue weighted by Crippen LogP contribution is -1.89. The Morgan fingerprint density at radius 3 is 2.43 bits per heavy atom. The van der Waals surface area contributed by atoms with Crippen molar-refractivity contribution in [2.45, 2.75) is 6.43 Å². The van der Waals surface area contributed by atoms with Crippen LogP contribution in [0.3, 0.4) is 0 Å². The molecule has 0 aliphatic rings. The van der Waals surface area contributed by atoms with E-state index in [0.29, 0.717) is 5.56 Å². The smallest absolute Gasteiger partial charge is 0.264 e. The van der Waals surface area contributed by atoms with E-state index in [2.05, 4.69) is 4.98 Å². The van der Waals surface area contributed by atoms with E-state index in [-0.39, 0.29) is 5.56 Å². The highest BCUT2D eigenvalue weighted by Crippen LogP contribution is 2.29. The maximum absolute atomic E-state index is 12.6. The molecule has 1 aromatic carbocycles. The summed E-state index contributed by atoms with van der Waals surface area (Å²) in [5.41, 5.74) is 1.35.